The van der Waals surface area contributed by atoms with Crippen LogP contribution in [0.4, 0.5) is 0 Å². The Morgan fingerprint density at radius 3 is 0.838 bits per heavy atom. The summed E-state index contributed by atoms with van der Waals surface area (Å²) in [5, 5.41) is 0. The molecule has 3 saturated carbocycles. The van der Waals surface area contributed by atoms with E-state index in [1.165, 1.54) is 103 Å². The van der Waals surface area contributed by atoms with Crippen molar-refractivity contribution in [2.24, 2.45) is 53.3 Å². The van der Waals surface area contributed by atoms with E-state index in [1.807, 2.05) is 28.3 Å². The van der Waals surface area contributed by atoms with Gasteiger partial charge in [0, 0.05) is 42.2 Å². The van der Waals surface area contributed by atoms with Gasteiger partial charge in [-0.2, -0.15) is 0 Å². The maximum absolute atomic E-state index is 5.70. The van der Waals surface area contributed by atoms with Crippen LogP contribution < -0.4 is 0 Å². The first-order valence-corrected chi connectivity index (χ1v) is 31.0. The van der Waals surface area contributed by atoms with E-state index < -0.39 is 0 Å². The minimum atomic E-state index is 0.00366. The average molecular weight is 1060 g/mol. The fourth-order valence-corrected chi connectivity index (χ4v) is 8.44. The predicted molar refractivity (Wildman–Crippen MR) is 327 cm³/mol. The lowest BCUT2D eigenvalue weighted by atomic mass is 9.86. The molecule has 0 heterocycles. The molecule has 0 aromatic carbocycles. The van der Waals surface area contributed by atoms with E-state index in [0.717, 1.165) is 30.3 Å². The first-order valence-electron chi connectivity index (χ1n) is 31.0. The summed E-state index contributed by atoms with van der Waals surface area (Å²) in [7, 11) is 8.98. The fraction of sp³-hybridized carbons (Fsp3) is 1.00. The van der Waals surface area contributed by atoms with Crippen LogP contribution in [0.5, 0.6) is 0 Å². The molecule has 8 nitrogen and oxygen atoms in total. The SMILES string of the molecule is CC(C)C(C)OC(C)(C)C.CC(C)OC(C)C(C)C.CCC(C)C(C)OC.CCOC(C)C(C)C.COC(C)C(C)C(C)C.COC(C)C1CCCC1.COC(C)C1CCCCC1.COC(C)C1CCCCCC1. The quantitative estimate of drug-likeness (QED) is 0.112. The maximum atomic E-state index is 5.70. The lowest BCUT2D eigenvalue weighted by molar-refractivity contribution is -0.0698. The highest BCUT2D eigenvalue weighted by molar-refractivity contribution is 4.73. The van der Waals surface area contributed by atoms with Crippen LogP contribution in [0.1, 0.15) is 276 Å². The molecule has 0 radical (unpaired) electrons. The number of rotatable bonds is 20. The van der Waals surface area contributed by atoms with Crippen molar-refractivity contribution in [3.8, 4) is 0 Å². The van der Waals surface area contributed by atoms with E-state index in [0.29, 0.717) is 84.5 Å². The molecule has 3 fully saturated rings. The standard InChI is InChI=1S/C10H20O.C9H18O.C9H20O.C8H16O.2C8H18O.2C7H16O/c1-9(11-2)10-7-5-3-4-6-8-10;1-8(10-2)9-6-4-3-5-7-9;1-7(2)8(3)10-9(4,5)6;1-7(9-2)8-5-3-4-6-8;1-6(2)7(3)8(4)9-5;1-6(2)8(5)9-7(3)4;1-5-6(2)7(3)8-4;1-5-8-7(4)6(2)3/h9-10H,3-8H2,1-2H3;8-9H,3-7H2,1-2H3;7-8H,1-6H3;7-8H,3-6H2,1-2H3;2*6-8H,1-5H3;2*6-7H,5H2,1-4H3. The molecular formula is C66H142O8. The topological polar surface area (TPSA) is 73.8 Å². The lowest BCUT2D eigenvalue weighted by Crippen LogP contribution is -2.28. The second-order valence-electron chi connectivity index (χ2n) is 25.1. The van der Waals surface area contributed by atoms with Crippen molar-refractivity contribution in [2.45, 2.75) is 336 Å². The molecule has 10 unspecified atom stereocenters. The first kappa shape index (κ1) is 82.5. The molecule has 0 N–H and O–H groups in total. The normalized spacial score (nSPS) is 19.7. The second kappa shape index (κ2) is 52.1. The zero-order chi connectivity index (χ0) is 58.6. The average Bonchev–Trinajstić information content (AvgIpc) is 3.77. The molecule has 0 bridgehead atoms. The Labute approximate surface area is 467 Å². The molecule has 3 aliphatic rings. The van der Waals surface area contributed by atoms with Gasteiger partial charge in [-0.25, -0.2) is 0 Å². The highest BCUT2D eigenvalue weighted by atomic mass is 16.5. The summed E-state index contributed by atoms with van der Waals surface area (Å²) in [6.07, 6.45) is 26.1. The van der Waals surface area contributed by atoms with E-state index in [2.05, 4.69) is 166 Å². The van der Waals surface area contributed by atoms with Gasteiger partial charge >= 0.3 is 0 Å². The predicted octanol–water partition coefficient (Wildman–Crippen LogP) is 19.6. The minimum absolute atomic E-state index is 0.00366. The smallest absolute Gasteiger partial charge is 0.0602 e. The Morgan fingerprint density at radius 1 is 0.365 bits per heavy atom. The summed E-state index contributed by atoms with van der Waals surface area (Å²) in [4.78, 5) is 0. The summed E-state index contributed by atoms with van der Waals surface area (Å²) in [5.41, 5.74) is 0.00366. The van der Waals surface area contributed by atoms with E-state index in [1.54, 1.807) is 14.2 Å². The third-order valence-electron chi connectivity index (χ3n) is 16.3. The van der Waals surface area contributed by atoms with Gasteiger partial charge in [-0.3, -0.25) is 0 Å². The summed E-state index contributed by atoms with van der Waals surface area (Å²) in [6.45, 7) is 54.5. The van der Waals surface area contributed by atoms with E-state index in [9.17, 15) is 0 Å². The molecule has 3 rings (SSSR count). The summed E-state index contributed by atoms with van der Waals surface area (Å²) in [6, 6.07) is 0. The maximum Gasteiger partial charge on any atom is 0.0602 e. The summed E-state index contributed by atoms with van der Waals surface area (Å²) < 4.78 is 42.7. The molecule has 0 saturated heterocycles. The van der Waals surface area contributed by atoms with Gasteiger partial charge in [0.05, 0.1) is 60.5 Å². The molecule has 74 heavy (non-hydrogen) atoms. The van der Waals surface area contributed by atoms with Crippen LogP contribution in [0.15, 0.2) is 0 Å². The van der Waals surface area contributed by atoms with Crippen molar-refractivity contribution in [1.82, 2.24) is 0 Å². The van der Waals surface area contributed by atoms with Gasteiger partial charge in [-0.15, -0.1) is 0 Å². The minimum Gasteiger partial charge on any atom is -0.381 e. The van der Waals surface area contributed by atoms with Crippen molar-refractivity contribution in [3.63, 3.8) is 0 Å². The third kappa shape index (κ3) is 51.1. The van der Waals surface area contributed by atoms with E-state index in [-0.39, 0.29) is 5.60 Å². The van der Waals surface area contributed by atoms with Crippen molar-refractivity contribution in [3.05, 3.63) is 0 Å². The van der Waals surface area contributed by atoms with E-state index >= 15 is 0 Å². The monoisotopic (exact) mass is 1060 g/mol. The summed E-state index contributed by atoms with van der Waals surface area (Å²) >= 11 is 0. The van der Waals surface area contributed by atoms with Crippen LogP contribution in [-0.2, 0) is 37.9 Å². The number of hydrogen-bond donors (Lipinski definition) is 0. The Bertz CT molecular complexity index is 1070. The number of hydrogen-bond acceptors (Lipinski definition) is 8. The number of ether oxygens (including phenoxy) is 8. The highest BCUT2D eigenvalue weighted by Crippen LogP contribution is 2.29. The molecule has 3 aliphatic carbocycles. The van der Waals surface area contributed by atoms with Crippen LogP contribution in [0.2, 0.25) is 0 Å². The van der Waals surface area contributed by atoms with Crippen LogP contribution in [0, 0.1) is 53.3 Å². The van der Waals surface area contributed by atoms with Crippen LogP contribution in [0.3, 0.4) is 0 Å². The zero-order valence-corrected chi connectivity index (χ0v) is 56.2. The van der Waals surface area contributed by atoms with Gasteiger partial charge in [0.25, 0.3) is 0 Å². The molecule has 10 atom stereocenters. The Kier molecular flexibility index (Phi) is 58.1. The molecule has 454 valence electrons. The van der Waals surface area contributed by atoms with Crippen LogP contribution in [0.25, 0.3) is 0 Å². The van der Waals surface area contributed by atoms with Crippen molar-refractivity contribution in [2.75, 3.05) is 42.2 Å². The van der Waals surface area contributed by atoms with Crippen molar-refractivity contribution < 1.29 is 37.9 Å². The van der Waals surface area contributed by atoms with Crippen LogP contribution >= 0.6 is 0 Å². The Hall–Kier alpha value is -0.320. The largest absolute Gasteiger partial charge is 0.381 e. The number of methoxy groups -OCH3 is 5. The van der Waals surface area contributed by atoms with Gasteiger partial charge in [0.2, 0.25) is 0 Å². The molecule has 8 heteroatoms. The lowest BCUT2D eigenvalue weighted by Gasteiger charge is -2.27. The van der Waals surface area contributed by atoms with Gasteiger partial charge in [-0.1, -0.05) is 140 Å². The van der Waals surface area contributed by atoms with Crippen molar-refractivity contribution >= 4 is 0 Å². The molecule has 0 aromatic heterocycles. The van der Waals surface area contributed by atoms with E-state index in [4.69, 9.17) is 37.9 Å². The molecule has 0 aliphatic heterocycles. The zero-order valence-electron chi connectivity index (χ0n) is 56.2. The second-order valence-corrected chi connectivity index (χ2v) is 25.1. The highest BCUT2D eigenvalue weighted by Gasteiger charge is 2.22. The van der Waals surface area contributed by atoms with Gasteiger partial charge in [0.1, 0.15) is 0 Å². The Balaban J connectivity index is -0.000000246. The molecule has 0 spiro atoms. The summed E-state index contributed by atoms with van der Waals surface area (Å²) in [5.74, 6) is 6.51. The molecular weight excluding hydrogens is 921 g/mol. The van der Waals surface area contributed by atoms with Gasteiger partial charge < -0.3 is 37.9 Å². The molecule has 0 aromatic rings. The van der Waals surface area contributed by atoms with Gasteiger partial charge in [-0.05, 0) is 189 Å². The first-order chi connectivity index (χ1) is 34.4. The van der Waals surface area contributed by atoms with Gasteiger partial charge in [0.15, 0.2) is 0 Å². The Morgan fingerprint density at radius 2 is 0.676 bits per heavy atom. The van der Waals surface area contributed by atoms with Crippen molar-refractivity contribution in [1.29, 1.82) is 0 Å². The fourth-order valence-electron chi connectivity index (χ4n) is 8.44. The molecule has 0 amide bonds. The van der Waals surface area contributed by atoms with Crippen LogP contribution in [-0.4, -0.2) is 103 Å². The third-order valence-corrected chi connectivity index (χ3v) is 16.3.